The van der Waals surface area contributed by atoms with Crippen LogP contribution in [0.1, 0.15) is 16.7 Å². The molecule has 0 unspecified atom stereocenters. The number of rotatable bonds is 9. The van der Waals surface area contributed by atoms with Crippen LogP contribution in [-0.4, -0.2) is 24.5 Å². The van der Waals surface area contributed by atoms with Crippen molar-refractivity contribution in [3.63, 3.8) is 0 Å². The molecule has 3 aromatic rings. The van der Waals surface area contributed by atoms with Gasteiger partial charge in [-0.25, -0.2) is 0 Å². The molecular weight excluding hydrogens is 364 g/mol. The minimum Gasteiger partial charge on any atom is -0.493 e. The van der Waals surface area contributed by atoms with Crippen molar-refractivity contribution in [3.05, 3.63) is 95.8 Å². The average Bonchev–Trinajstić information content (AvgIpc) is 2.78. The van der Waals surface area contributed by atoms with E-state index in [0.29, 0.717) is 31.1 Å². The van der Waals surface area contributed by atoms with Crippen LogP contribution < -0.4 is 14.8 Å². The van der Waals surface area contributed by atoms with Crippen LogP contribution in [0.5, 0.6) is 11.5 Å². The van der Waals surface area contributed by atoms with Crippen LogP contribution in [0.4, 0.5) is 0 Å². The number of hydrogen-bond acceptors (Lipinski definition) is 4. The number of methoxy groups -OCH3 is 1. The summed E-state index contributed by atoms with van der Waals surface area (Å²) in [7, 11) is 1.62. The molecule has 0 fully saturated rings. The first-order valence-corrected chi connectivity index (χ1v) is 9.44. The molecule has 1 N–H and O–H groups in total. The summed E-state index contributed by atoms with van der Waals surface area (Å²) in [6, 6.07) is 19.5. The van der Waals surface area contributed by atoms with Crippen LogP contribution in [0.2, 0.25) is 0 Å². The molecule has 1 heterocycles. The predicted octanol–water partition coefficient (Wildman–Crippen LogP) is 4.04. The fourth-order valence-electron chi connectivity index (χ4n) is 2.76. The number of hydrogen-bond donors (Lipinski definition) is 1. The molecule has 5 heteroatoms. The van der Waals surface area contributed by atoms with E-state index >= 15 is 0 Å². The van der Waals surface area contributed by atoms with E-state index in [1.807, 2.05) is 60.7 Å². The highest BCUT2D eigenvalue weighted by atomic mass is 16.5. The van der Waals surface area contributed by atoms with Gasteiger partial charge in [-0.2, -0.15) is 0 Å². The van der Waals surface area contributed by atoms with Crippen molar-refractivity contribution in [2.24, 2.45) is 0 Å². The molecule has 1 aromatic heterocycles. The normalized spacial score (nSPS) is 10.7. The second kappa shape index (κ2) is 10.7. The Morgan fingerprint density at radius 2 is 1.90 bits per heavy atom. The zero-order valence-corrected chi connectivity index (χ0v) is 16.4. The third-order valence-corrected chi connectivity index (χ3v) is 4.29. The first-order valence-electron chi connectivity index (χ1n) is 9.44. The molecule has 5 nitrogen and oxygen atoms in total. The van der Waals surface area contributed by atoms with Crippen LogP contribution in [0.25, 0.3) is 6.08 Å². The smallest absolute Gasteiger partial charge is 0.244 e. The van der Waals surface area contributed by atoms with Crippen molar-refractivity contribution in [1.29, 1.82) is 0 Å². The van der Waals surface area contributed by atoms with Crippen molar-refractivity contribution in [3.8, 4) is 11.5 Å². The lowest BCUT2D eigenvalue weighted by molar-refractivity contribution is -0.116. The number of nitrogens with zero attached hydrogens (tertiary/aromatic N) is 1. The number of benzene rings is 2. The summed E-state index contributed by atoms with van der Waals surface area (Å²) in [6.45, 7) is 0.997. The van der Waals surface area contributed by atoms with E-state index in [2.05, 4.69) is 10.3 Å². The largest absolute Gasteiger partial charge is 0.493 e. The highest BCUT2D eigenvalue weighted by molar-refractivity contribution is 5.91. The van der Waals surface area contributed by atoms with Crippen molar-refractivity contribution < 1.29 is 14.3 Å². The summed E-state index contributed by atoms with van der Waals surface area (Å²) < 4.78 is 11.3. The number of amides is 1. The van der Waals surface area contributed by atoms with Crippen molar-refractivity contribution in [1.82, 2.24) is 10.3 Å². The Morgan fingerprint density at radius 1 is 1.03 bits per heavy atom. The Bertz CT molecular complexity index is 941. The maximum atomic E-state index is 12.0. The van der Waals surface area contributed by atoms with Gasteiger partial charge in [0.15, 0.2) is 11.5 Å². The van der Waals surface area contributed by atoms with Gasteiger partial charge in [0.1, 0.15) is 6.61 Å². The Labute approximate surface area is 171 Å². The van der Waals surface area contributed by atoms with Gasteiger partial charge in [-0.3, -0.25) is 9.78 Å². The number of carbonyl (C=O) groups excluding carboxylic acids is 1. The van der Waals surface area contributed by atoms with Crippen LogP contribution in [0.3, 0.4) is 0 Å². The maximum absolute atomic E-state index is 12.0. The van der Waals surface area contributed by atoms with Gasteiger partial charge in [0.2, 0.25) is 5.91 Å². The van der Waals surface area contributed by atoms with Crippen molar-refractivity contribution >= 4 is 12.0 Å². The molecule has 0 aliphatic carbocycles. The van der Waals surface area contributed by atoms with Gasteiger partial charge >= 0.3 is 0 Å². The molecule has 0 saturated carbocycles. The van der Waals surface area contributed by atoms with Crippen molar-refractivity contribution in [2.45, 2.75) is 13.0 Å². The van der Waals surface area contributed by atoms with E-state index in [0.717, 1.165) is 16.7 Å². The number of aromatic nitrogens is 1. The molecule has 0 aliphatic heterocycles. The molecule has 0 bridgehead atoms. The molecular formula is C24H24N2O3. The second-order valence-corrected chi connectivity index (χ2v) is 6.42. The van der Waals surface area contributed by atoms with Gasteiger partial charge in [0.05, 0.1) is 7.11 Å². The Hall–Kier alpha value is -3.60. The quantitative estimate of drug-likeness (QED) is 0.562. The van der Waals surface area contributed by atoms with Crippen LogP contribution in [0.15, 0.2) is 79.1 Å². The van der Waals surface area contributed by atoms with Crippen LogP contribution in [-0.2, 0) is 17.8 Å². The summed E-state index contributed by atoms with van der Waals surface area (Å²) in [4.78, 5) is 16.0. The highest BCUT2D eigenvalue weighted by Gasteiger charge is 2.07. The number of pyridine rings is 1. The third-order valence-electron chi connectivity index (χ3n) is 4.29. The monoisotopic (exact) mass is 388 g/mol. The maximum Gasteiger partial charge on any atom is 0.244 e. The minimum absolute atomic E-state index is 0.136. The van der Waals surface area contributed by atoms with Gasteiger partial charge in [-0.15, -0.1) is 0 Å². The fraction of sp³-hybridized carbons (Fsp3) is 0.167. The summed E-state index contributed by atoms with van der Waals surface area (Å²) in [5.41, 5.74) is 3.04. The summed E-state index contributed by atoms with van der Waals surface area (Å²) in [6.07, 6.45) is 7.35. The van der Waals surface area contributed by atoms with E-state index in [1.165, 1.54) is 6.08 Å². The zero-order chi connectivity index (χ0) is 20.3. The minimum atomic E-state index is -0.136. The molecule has 0 atom stereocenters. The molecule has 0 aliphatic rings. The highest BCUT2D eigenvalue weighted by Crippen LogP contribution is 2.29. The standard InChI is InChI=1S/C24H24N2O3/c1-28-22-11-9-19(16-23(22)29-18-21-6-3-2-4-7-21)13-15-26-24(27)12-10-20-8-5-14-25-17-20/h2-12,14,16-17H,13,15,18H2,1H3,(H,26,27). The second-order valence-electron chi connectivity index (χ2n) is 6.42. The summed E-state index contributed by atoms with van der Waals surface area (Å²) in [5, 5.41) is 2.89. The molecule has 29 heavy (non-hydrogen) atoms. The van der Waals surface area contributed by atoms with Gasteiger partial charge in [0.25, 0.3) is 0 Å². The van der Waals surface area contributed by atoms with E-state index in [4.69, 9.17) is 9.47 Å². The number of ether oxygens (including phenoxy) is 2. The van der Waals surface area contributed by atoms with Gasteiger partial charge in [0, 0.05) is 25.0 Å². The average molecular weight is 388 g/mol. The van der Waals surface area contributed by atoms with E-state index in [1.54, 1.807) is 25.6 Å². The van der Waals surface area contributed by atoms with E-state index in [-0.39, 0.29) is 5.91 Å². The summed E-state index contributed by atoms with van der Waals surface area (Å²) >= 11 is 0. The third kappa shape index (κ3) is 6.50. The molecule has 0 radical (unpaired) electrons. The lowest BCUT2D eigenvalue weighted by atomic mass is 10.1. The molecule has 148 valence electrons. The van der Waals surface area contributed by atoms with Gasteiger partial charge < -0.3 is 14.8 Å². The molecule has 2 aromatic carbocycles. The Kier molecular flexibility index (Phi) is 7.41. The first-order chi connectivity index (χ1) is 14.2. The summed E-state index contributed by atoms with van der Waals surface area (Å²) in [5.74, 6) is 1.24. The lowest BCUT2D eigenvalue weighted by Crippen LogP contribution is -2.23. The van der Waals surface area contributed by atoms with Gasteiger partial charge in [-0.05, 0) is 47.4 Å². The zero-order valence-electron chi connectivity index (χ0n) is 16.4. The topological polar surface area (TPSA) is 60.5 Å². The molecule has 0 saturated heterocycles. The number of nitrogens with one attached hydrogen (secondary N) is 1. The van der Waals surface area contributed by atoms with Crippen LogP contribution in [0, 0.1) is 0 Å². The molecule has 3 rings (SSSR count). The molecule has 1 amide bonds. The van der Waals surface area contributed by atoms with Gasteiger partial charge in [-0.1, -0.05) is 42.5 Å². The Balaban J connectivity index is 1.52. The first kappa shape index (κ1) is 20.1. The lowest BCUT2D eigenvalue weighted by Gasteiger charge is -2.12. The molecule has 0 spiro atoms. The SMILES string of the molecule is COc1ccc(CCNC(=O)C=Cc2cccnc2)cc1OCc1ccccc1. The number of carbonyl (C=O) groups is 1. The Morgan fingerprint density at radius 3 is 2.66 bits per heavy atom. The predicted molar refractivity (Wildman–Crippen MR) is 114 cm³/mol. The van der Waals surface area contributed by atoms with Crippen LogP contribution >= 0.6 is 0 Å². The fourth-order valence-corrected chi connectivity index (χ4v) is 2.76. The van der Waals surface area contributed by atoms with E-state index in [9.17, 15) is 4.79 Å². The van der Waals surface area contributed by atoms with E-state index < -0.39 is 0 Å². The van der Waals surface area contributed by atoms with Crippen molar-refractivity contribution in [2.75, 3.05) is 13.7 Å².